The molecule has 0 heterocycles. The van der Waals surface area contributed by atoms with Gasteiger partial charge < -0.3 is 19.5 Å². The molecule has 0 aliphatic carbocycles. The number of carbonyl (C=O) groups excluding carboxylic acids is 1. The number of hydrogen-bond acceptors (Lipinski definition) is 4. The Hall–Kier alpha value is -1.75. The number of amides is 1. The summed E-state index contributed by atoms with van der Waals surface area (Å²) < 4.78 is 15.2. The van der Waals surface area contributed by atoms with Gasteiger partial charge in [-0.2, -0.15) is 0 Å². The van der Waals surface area contributed by atoms with Crippen LogP contribution in [0.4, 0.5) is 0 Å². The predicted molar refractivity (Wildman–Crippen MR) is 73.0 cm³/mol. The Morgan fingerprint density at radius 2 is 1.84 bits per heavy atom. The van der Waals surface area contributed by atoms with Crippen LogP contribution in [-0.2, 0) is 4.74 Å². The second-order valence-electron chi connectivity index (χ2n) is 4.03. The lowest BCUT2D eigenvalue weighted by Crippen LogP contribution is -2.24. The van der Waals surface area contributed by atoms with E-state index in [1.165, 1.54) is 0 Å². The molecule has 1 aromatic carbocycles. The Morgan fingerprint density at radius 3 is 2.47 bits per heavy atom. The van der Waals surface area contributed by atoms with Crippen LogP contribution in [0, 0.1) is 0 Å². The van der Waals surface area contributed by atoms with Gasteiger partial charge in [-0.3, -0.25) is 4.79 Å². The van der Waals surface area contributed by atoms with Crippen molar-refractivity contribution in [1.82, 2.24) is 5.32 Å². The molecule has 0 spiro atoms. The van der Waals surface area contributed by atoms with Crippen molar-refractivity contribution in [3.05, 3.63) is 23.8 Å². The average Bonchev–Trinajstić information content (AvgIpc) is 2.46. The maximum Gasteiger partial charge on any atom is 0.251 e. The van der Waals surface area contributed by atoms with E-state index in [0.29, 0.717) is 30.2 Å². The highest BCUT2D eigenvalue weighted by molar-refractivity contribution is 5.94. The average molecular weight is 267 g/mol. The third-order valence-electron chi connectivity index (χ3n) is 2.71. The lowest BCUT2D eigenvalue weighted by molar-refractivity contribution is 0.0951. The Balaban J connectivity index is 2.52. The molecule has 0 saturated carbocycles. The van der Waals surface area contributed by atoms with Gasteiger partial charge in [0, 0.05) is 25.8 Å². The summed E-state index contributed by atoms with van der Waals surface area (Å²) in [5, 5.41) is 2.86. The Bertz CT molecular complexity index is 406. The van der Waals surface area contributed by atoms with Crippen LogP contribution in [-0.4, -0.2) is 40.4 Å². The van der Waals surface area contributed by atoms with Gasteiger partial charge in [-0.1, -0.05) is 0 Å². The van der Waals surface area contributed by atoms with Gasteiger partial charge in [-0.15, -0.1) is 0 Å². The van der Waals surface area contributed by atoms with Crippen molar-refractivity contribution in [3.63, 3.8) is 0 Å². The van der Waals surface area contributed by atoms with Gasteiger partial charge in [0.2, 0.25) is 0 Å². The summed E-state index contributed by atoms with van der Waals surface area (Å²) >= 11 is 0. The molecule has 5 nitrogen and oxygen atoms in total. The normalized spacial score (nSPS) is 10.1. The molecular weight excluding hydrogens is 246 g/mol. The molecule has 0 fully saturated rings. The molecule has 1 N–H and O–H groups in total. The van der Waals surface area contributed by atoms with E-state index >= 15 is 0 Å². The fourth-order valence-electron chi connectivity index (χ4n) is 1.65. The van der Waals surface area contributed by atoms with Crippen LogP contribution < -0.4 is 14.8 Å². The van der Waals surface area contributed by atoms with E-state index < -0.39 is 0 Å². The van der Waals surface area contributed by atoms with E-state index in [4.69, 9.17) is 14.2 Å². The number of ether oxygens (including phenoxy) is 3. The molecular formula is C14H21NO4. The third-order valence-corrected chi connectivity index (χ3v) is 2.71. The highest BCUT2D eigenvalue weighted by Gasteiger charge is 2.09. The fraction of sp³-hybridized carbons (Fsp3) is 0.500. The molecule has 1 amide bonds. The summed E-state index contributed by atoms with van der Waals surface area (Å²) in [5.41, 5.74) is 0.560. The zero-order valence-corrected chi connectivity index (χ0v) is 11.7. The molecule has 0 aromatic heterocycles. The van der Waals surface area contributed by atoms with Gasteiger partial charge in [0.05, 0.1) is 14.2 Å². The van der Waals surface area contributed by atoms with Gasteiger partial charge >= 0.3 is 0 Å². The SMILES string of the molecule is COCCCCNC(=O)c1ccc(OC)c(OC)c1. The molecule has 106 valence electrons. The van der Waals surface area contributed by atoms with E-state index in [0.717, 1.165) is 12.8 Å². The van der Waals surface area contributed by atoms with E-state index in [1.807, 2.05) is 0 Å². The third kappa shape index (κ3) is 4.79. The Labute approximate surface area is 113 Å². The second kappa shape index (κ2) is 8.37. The summed E-state index contributed by atoms with van der Waals surface area (Å²) in [6, 6.07) is 5.10. The summed E-state index contributed by atoms with van der Waals surface area (Å²) in [7, 11) is 4.78. The first kappa shape index (κ1) is 15.3. The molecule has 0 unspecified atom stereocenters. The number of benzene rings is 1. The van der Waals surface area contributed by atoms with E-state index in [9.17, 15) is 4.79 Å². The van der Waals surface area contributed by atoms with Crippen LogP contribution in [0.2, 0.25) is 0 Å². The molecule has 0 aliphatic heterocycles. The highest BCUT2D eigenvalue weighted by atomic mass is 16.5. The Morgan fingerprint density at radius 1 is 1.11 bits per heavy atom. The van der Waals surface area contributed by atoms with Crippen molar-refractivity contribution in [2.24, 2.45) is 0 Å². The number of hydrogen-bond donors (Lipinski definition) is 1. The smallest absolute Gasteiger partial charge is 0.251 e. The molecule has 0 bridgehead atoms. The minimum Gasteiger partial charge on any atom is -0.493 e. The van der Waals surface area contributed by atoms with Crippen LogP contribution in [0.1, 0.15) is 23.2 Å². The van der Waals surface area contributed by atoms with E-state index in [-0.39, 0.29) is 5.91 Å². The zero-order valence-electron chi connectivity index (χ0n) is 11.7. The van der Waals surface area contributed by atoms with Crippen molar-refractivity contribution in [2.45, 2.75) is 12.8 Å². The topological polar surface area (TPSA) is 56.8 Å². The summed E-state index contributed by atoms with van der Waals surface area (Å²) in [6.45, 7) is 1.35. The van der Waals surface area contributed by atoms with Crippen LogP contribution in [0.3, 0.4) is 0 Å². The summed E-state index contributed by atoms with van der Waals surface area (Å²) in [5.74, 6) is 1.05. The van der Waals surface area contributed by atoms with Gasteiger partial charge in [-0.25, -0.2) is 0 Å². The maximum atomic E-state index is 11.9. The van der Waals surface area contributed by atoms with Gasteiger partial charge in [0.25, 0.3) is 5.91 Å². The second-order valence-corrected chi connectivity index (χ2v) is 4.03. The van der Waals surface area contributed by atoms with Crippen LogP contribution >= 0.6 is 0 Å². The van der Waals surface area contributed by atoms with Gasteiger partial charge in [-0.05, 0) is 31.0 Å². The minimum atomic E-state index is -0.113. The monoisotopic (exact) mass is 267 g/mol. The first-order valence-corrected chi connectivity index (χ1v) is 6.22. The van der Waals surface area contributed by atoms with E-state index in [1.54, 1.807) is 39.5 Å². The number of nitrogens with one attached hydrogen (secondary N) is 1. The fourth-order valence-corrected chi connectivity index (χ4v) is 1.65. The standard InChI is InChI=1S/C14H21NO4/c1-17-9-5-4-8-15-14(16)11-6-7-12(18-2)13(10-11)19-3/h6-7,10H,4-5,8-9H2,1-3H3,(H,15,16). The first-order valence-electron chi connectivity index (χ1n) is 6.22. The molecule has 0 radical (unpaired) electrons. The number of carbonyl (C=O) groups is 1. The molecule has 0 saturated heterocycles. The van der Waals surface area contributed by atoms with Crippen LogP contribution in [0.25, 0.3) is 0 Å². The van der Waals surface area contributed by atoms with E-state index in [2.05, 4.69) is 5.32 Å². The summed E-state index contributed by atoms with van der Waals surface area (Å²) in [6.07, 6.45) is 1.83. The zero-order chi connectivity index (χ0) is 14.1. The maximum absolute atomic E-state index is 11.9. The van der Waals surface area contributed by atoms with Crippen molar-refractivity contribution in [1.29, 1.82) is 0 Å². The lowest BCUT2D eigenvalue weighted by Gasteiger charge is -2.10. The summed E-state index contributed by atoms with van der Waals surface area (Å²) in [4.78, 5) is 11.9. The quantitative estimate of drug-likeness (QED) is 0.730. The molecule has 19 heavy (non-hydrogen) atoms. The Kier molecular flexibility index (Phi) is 6.74. The highest BCUT2D eigenvalue weighted by Crippen LogP contribution is 2.27. The molecule has 1 rings (SSSR count). The van der Waals surface area contributed by atoms with Crippen molar-refractivity contribution >= 4 is 5.91 Å². The van der Waals surface area contributed by atoms with Crippen molar-refractivity contribution < 1.29 is 19.0 Å². The molecule has 5 heteroatoms. The van der Waals surface area contributed by atoms with Crippen molar-refractivity contribution in [3.8, 4) is 11.5 Å². The predicted octanol–water partition coefficient (Wildman–Crippen LogP) is 1.86. The first-order chi connectivity index (χ1) is 9.22. The number of methoxy groups -OCH3 is 3. The van der Waals surface area contributed by atoms with Gasteiger partial charge in [0.1, 0.15) is 0 Å². The molecule has 0 aliphatic rings. The largest absolute Gasteiger partial charge is 0.493 e. The lowest BCUT2D eigenvalue weighted by atomic mass is 10.2. The molecule has 1 aromatic rings. The van der Waals surface area contributed by atoms with Gasteiger partial charge in [0.15, 0.2) is 11.5 Å². The van der Waals surface area contributed by atoms with Crippen molar-refractivity contribution in [2.75, 3.05) is 34.5 Å². The minimum absolute atomic E-state index is 0.113. The number of unbranched alkanes of at least 4 members (excludes halogenated alkanes) is 1. The van der Waals surface area contributed by atoms with Crippen LogP contribution in [0.5, 0.6) is 11.5 Å². The van der Waals surface area contributed by atoms with Crippen LogP contribution in [0.15, 0.2) is 18.2 Å². The number of rotatable bonds is 8. The molecule has 0 atom stereocenters.